The van der Waals surface area contributed by atoms with Crippen LogP contribution in [0.2, 0.25) is 0 Å². The van der Waals surface area contributed by atoms with Crippen molar-refractivity contribution in [3.63, 3.8) is 0 Å². The Morgan fingerprint density at radius 2 is 1.70 bits per heavy atom. The summed E-state index contributed by atoms with van der Waals surface area (Å²) in [5, 5.41) is 8.72. The summed E-state index contributed by atoms with van der Waals surface area (Å²) in [6.45, 7) is 1.76. The van der Waals surface area contributed by atoms with Gasteiger partial charge in [-0.05, 0) is 53.9 Å². The monoisotopic (exact) mass is 275 g/mol. The Morgan fingerprint density at radius 1 is 1.00 bits per heavy atom. The predicted molar refractivity (Wildman–Crippen MR) is 75.2 cm³/mol. The highest BCUT2D eigenvalue weighted by Crippen LogP contribution is 2.23. The van der Waals surface area contributed by atoms with Crippen LogP contribution in [0.4, 0.5) is 8.78 Å². The van der Waals surface area contributed by atoms with E-state index in [1.165, 1.54) is 24.3 Å². The topological polar surface area (TPSA) is 32.3 Å². The Hall–Kier alpha value is -2.04. The van der Waals surface area contributed by atoms with Gasteiger partial charge in [0.05, 0.1) is 0 Å². The van der Waals surface area contributed by atoms with Gasteiger partial charge in [0.2, 0.25) is 0 Å². The van der Waals surface area contributed by atoms with Crippen molar-refractivity contribution in [3.05, 3.63) is 65.7 Å². The highest BCUT2D eigenvalue weighted by Gasteiger charge is 2.03. The second-order valence-electron chi connectivity index (χ2n) is 4.56. The standard InChI is InChI=1S/C16H15F2NO/c1-11(19-20)2-3-12-8-14(10-16(18)9-12)13-4-6-15(17)7-5-13/h2-11,19-20H,1H3. The van der Waals surface area contributed by atoms with Crippen molar-refractivity contribution in [2.45, 2.75) is 13.0 Å². The quantitative estimate of drug-likeness (QED) is 0.826. The average Bonchev–Trinajstić information content (AvgIpc) is 2.45. The van der Waals surface area contributed by atoms with Gasteiger partial charge >= 0.3 is 0 Å². The molecule has 0 fully saturated rings. The van der Waals surface area contributed by atoms with Gasteiger partial charge in [-0.2, -0.15) is 5.48 Å². The van der Waals surface area contributed by atoms with E-state index >= 15 is 0 Å². The molecule has 1 atom stereocenters. The maximum absolute atomic E-state index is 13.6. The van der Waals surface area contributed by atoms with Gasteiger partial charge in [0, 0.05) is 6.04 Å². The number of benzene rings is 2. The third-order valence-electron chi connectivity index (χ3n) is 2.88. The van der Waals surface area contributed by atoms with Crippen LogP contribution < -0.4 is 5.48 Å². The van der Waals surface area contributed by atoms with Gasteiger partial charge in [-0.25, -0.2) is 8.78 Å². The first-order valence-electron chi connectivity index (χ1n) is 6.23. The molecule has 0 radical (unpaired) electrons. The minimum atomic E-state index is -0.365. The first kappa shape index (κ1) is 14.4. The molecular weight excluding hydrogens is 260 g/mol. The van der Waals surface area contributed by atoms with Crippen LogP contribution in [0, 0.1) is 11.6 Å². The Bertz CT molecular complexity index is 608. The van der Waals surface area contributed by atoms with Gasteiger partial charge in [0.15, 0.2) is 0 Å². The van der Waals surface area contributed by atoms with E-state index in [1.54, 1.807) is 37.3 Å². The third-order valence-corrected chi connectivity index (χ3v) is 2.88. The van der Waals surface area contributed by atoms with Crippen LogP contribution in [0.25, 0.3) is 17.2 Å². The van der Waals surface area contributed by atoms with Crippen LogP contribution >= 0.6 is 0 Å². The summed E-state index contributed by atoms with van der Waals surface area (Å²) in [5.74, 6) is -0.691. The number of nitrogens with one attached hydrogen (secondary N) is 1. The maximum Gasteiger partial charge on any atom is 0.124 e. The van der Waals surface area contributed by atoms with Crippen LogP contribution in [0.1, 0.15) is 12.5 Å². The highest BCUT2D eigenvalue weighted by atomic mass is 19.1. The Kier molecular flexibility index (Phi) is 4.61. The summed E-state index contributed by atoms with van der Waals surface area (Å²) in [7, 11) is 0. The second-order valence-corrected chi connectivity index (χ2v) is 4.56. The van der Waals surface area contributed by atoms with Crippen molar-refractivity contribution in [1.82, 2.24) is 5.48 Å². The summed E-state index contributed by atoms with van der Waals surface area (Å²) in [5.41, 5.74) is 4.17. The summed E-state index contributed by atoms with van der Waals surface area (Å²) in [6.07, 6.45) is 3.42. The lowest BCUT2D eigenvalue weighted by atomic mass is 10.0. The zero-order chi connectivity index (χ0) is 14.5. The fourth-order valence-corrected chi connectivity index (χ4v) is 1.82. The lowest BCUT2D eigenvalue weighted by Gasteiger charge is -2.05. The minimum absolute atomic E-state index is 0.229. The molecule has 1 unspecified atom stereocenters. The van der Waals surface area contributed by atoms with E-state index in [9.17, 15) is 8.78 Å². The van der Waals surface area contributed by atoms with E-state index in [-0.39, 0.29) is 17.7 Å². The molecule has 0 saturated carbocycles. The molecule has 2 aromatic rings. The summed E-state index contributed by atoms with van der Waals surface area (Å²) in [4.78, 5) is 0. The van der Waals surface area contributed by atoms with E-state index in [4.69, 9.17) is 5.21 Å². The molecule has 0 bridgehead atoms. The van der Waals surface area contributed by atoms with Crippen molar-refractivity contribution in [3.8, 4) is 11.1 Å². The SMILES string of the molecule is CC(C=Cc1cc(F)cc(-c2ccc(F)cc2)c1)NO. The Balaban J connectivity index is 2.33. The van der Waals surface area contributed by atoms with Crippen molar-refractivity contribution in [2.75, 3.05) is 0 Å². The molecule has 20 heavy (non-hydrogen) atoms. The summed E-state index contributed by atoms with van der Waals surface area (Å²) < 4.78 is 26.5. The number of hydrogen-bond acceptors (Lipinski definition) is 2. The van der Waals surface area contributed by atoms with Crippen LogP contribution in [0.5, 0.6) is 0 Å². The van der Waals surface area contributed by atoms with Crippen molar-refractivity contribution in [2.24, 2.45) is 0 Å². The van der Waals surface area contributed by atoms with Gasteiger partial charge in [0.1, 0.15) is 11.6 Å². The first-order chi connectivity index (χ1) is 9.58. The fourth-order valence-electron chi connectivity index (χ4n) is 1.82. The van der Waals surface area contributed by atoms with Gasteiger partial charge in [-0.3, -0.25) is 0 Å². The average molecular weight is 275 g/mol. The molecule has 0 saturated heterocycles. The lowest BCUT2D eigenvalue weighted by molar-refractivity contribution is 0.150. The molecule has 0 spiro atoms. The molecule has 104 valence electrons. The second kappa shape index (κ2) is 6.41. The highest BCUT2D eigenvalue weighted by molar-refractivity contribution is 5.67. The number of hydroxylamine groups is 1. The number of rotatable bonds is 4. The third kappa shape index (κ3) is 3.73. The molecule has 0 aliphatic rings. The minimum Gasteiger partial charge on any atom is -0.316 e. The molecule has 2 aromatic carbocycles. The van der Waals surface area contributed by atoms with E-state index in [0.29, 0.717) is 11.1 Å². The molecule has 4 heteroatoms. The van der Waals surface area contributed by atoms with Gasteiger partial charge in [-0.1, -0.05) is 24.3 Å². The molecule has 0 aliphatic heterocycles. The smallest absolute Gasteiger partial charge is 0.124 e. The molecular formula is C16H15F2NO. The van der Waals surface area contributed by atoms with Gasteiger partial charge in [0.25, 0.3) is 0 Å². The number of halogens is 2. The van der Waals surface area contributed by atoms with Crippen molar-refractivity contribution < 1.29 is 14.0 Å². The lowest BCUT2D eigenvalue weighted by Crippen LogP contribution is -2.18. The van der Waals surface area contributed by atoms with E-state index < -0.39 is 0 Å². The Labute approximate surface area is 116 Å². The largest absolute Gasteiger partial charge is 0.316 e. The molecule has 0 aromatic heterocycles. The zero-order valence-corrected chi connectivity index (χ0v) is 11.0. The number of hydrogen-bond donors (Lipinski definition) is 2. The summed E-state index contributed by atoms with van der Waals surface area (Å²) >= 11 is 0. The normalized spacial score (nSPS) is 12.8. The summed E-state index contributed by atoms with van der Waals surface area (Å²) in [6, 6.07) is 10.3. The molecule has 0 amide bonds. The van der Waals surface area contributed by atoms with Gasteiger partial charge in [-0.15, -0.1) is 0 Å². The van der Waals surface area contributed by atoms with E-state index in [0.717, 1.165) is 5.56 Å². The van der Waals surface area contributed by atoms with Crippen molar-refractivity contribution >= 4 is 6.08 Å². The van der Waals surface area contributed by atoms with E-state index in [2.05, 4.69) is 5.48 Å². The molecule has 2 N–H and O–H groups in total. The van der Waals surface area contributed by atoms with Crippen LogP contribution in [-0.4, -0.2) is 11.2 Å². The first-order valence-corrected chi connectivity index (χ1v) is 6.23. The van der Waals surface area contributed by atoms with Crippen LogP contribution in [0.15, 0.2) is 48.5 Å². The molecule has 2 rings (SSSR count). The molecule has 2 nitrogen and oxygen atoms in total. The predicted octanol–water partition coefficient (Wildman–Crippen LogP) is 4.01. The Morgan fingerprint density at radius 3 is 2.35 bits per heavy atom. The van der Waals surface area contributed by atoms with Crippen LogP contribution in [-0.2, 0) is 0 Å². The van der Waals surface area contributed by atoms with Crippen molar-refractivity contribution in [1.29, 1.82) is 0 Å². The molecule has 0 heterocycles. The van der Waals surface area contributed by atoms with E-state index in [1.807, 2.05) is 0 Å². The maximum atomic E-state index is 13.6. The zero-order valence-electron chi connectivity index (χ0n) is 11.0. The van der Waals surface area contributed by atoms with Gasteiger partial charge < -0.3 is 5.21 Å². The fraction of sp³-hybridized carbons (Fsp3) is 0.125. The van der Waals surface area contributed by atoms with Crippen LogP contribution in [0.3, 0.4) is 0 Å². The molecule has 0 aliphatic carbocycles.